The number of hydrogen-bond donors (Lipinski definition) is 2. The van der Waals surface area contributed by atoms with E-state index in [1.807, 2.05) is 0 Å². The van der Waals surface area contributed by atoms with Gasteiger partial charge in [-0.1, -0.05) is 41.4 Å². The summed E-state index contributed by atoms with van der Waals surface area (Å²) in [6.07, 6.45) is 0.136. The number of thiophene rings is 1. The van der Waals surface area contributed by atoms with Gasteiger partial charge >= 0.3 is 5.97 Å². The summed E-state index contributed by atoms with van der Waals surface area (Å²) in [5.74, 6) is -2.19. The summed E-state index contributed by atoms with van der Waals surface area (Å²) in [6.45, 7) is 0. The average molecular weight is 436 g/mol. The number of anilines is 1. The molecule has 0 spiro atoms. The maximum atomic E-state index is 13.3. The van der Waals surface area contributed by atoms with Crippen molar-refractivity contribution in [1.29, 1.82) is 0 Å². The molecule has 28 heavy (non-hydrogen) atoms. The second-order valence-electron chi connectivity index (χ2n) is 6.33. The molecule has 1 aromatic heterocycles. The Hall–Kier alpha value is -2.41. The molecule has 1 aliphatic heterocycles. The van der Waals surface area contributed by atoms with Gasteiger partial charge < -0.3 is 10.4 Å². The van der Waals surface area contributed by atoms with E-state index in [0.29, 0.717) is 37.3 Å². The molecule has 4 nitrogen and oxygen atoms in total. The van der Waals surface area contributed by atoms with E-state index >= 15 is 0 Å². The van der Waals surface area contributed by atoms with Crippen LogP contribution in [0, 0.1) is 5.82 Å². The minimum atomic E-state index is -1.12. The van der Waals surface area contributed by atoms with Crippen LogP contribution in [0.1, 0.15) is 32.5 Å². The van der Waals surface area contributed by atoms with Gasteiger partial charge in [0.05, 0.1) is 5.69 Å². The fourth-order valence-electron chi connectivity index (χ4n) is 3.36. The molecule has 1 aliphatic rings. The number of amides is 1. The normalized spacial score (nSPS) is 15.8. The van der Waals surface area contributed by atoms with Crippen LogP contribution in [0.4, 0.5) is 10.1 Å². The fraction of sp³-hybridized carbons (Fsp3) is 0.100. The van der Waals surface area contributed by atoms with Gasteiger partial charge in [-0.05, 0) is 35.4 Å². The topological polar surface area (TPSA) is 66.4 Å². The van der Waals surface area contributed by atoms with E-state index in [-0.39, 0.29) is 17.2 Å². The number of benzene rings is 2. The number of aromatic carboxylic acids is 1. The maximum absolute atomic E-state index is 13.3. The first-order chi connectivity index (χ1) is 13.3. The highest BCUT2D eigenvalue weighted by atomic mass is 35.5. The predicted octanol–water partition coefficient (Wildman–Crippen LogP) is 6.03. The van der Waals surface area contributed by atoms with Crippen molar-refractivity contribution in [2.75, 3.05) is 5.32 Å². The molecule has 1 unspecified atom stereocenters. The minimum absolute atomic E-state index is 0.0777. The molecule has 4 rings (SSSR count). The van der Waals surface area contributed by atoms with Crippen LogP contribution in [0.15, 0.2) is 42.5 Å². The van der Waals surface area contributed by atoms with Gasteiger partial charge in [-0.25, -0.2) is 9.18 Å². The summed E-state index contributed by atoms with van der Waals surface area (Å²) < 4.78 is 13.3. The van der Waals surface area contributed by atoms with Crippen molar-refractivity contribution >= 4 is 52.1 Å². The summed E-state index contributed by atoms with van der Waals surface area (Å²) in [4.78, 5) is 25.1. The first-order valence-corrected chi connectivity index (χ1v) is 9.83. The Balaban J connectivity index is 1.94. The lowest BCUT2D eigenvalue weighted by molar-refractivity contribution is -0.116. The Labute approximate surface area is 173 Å². The molecule has 2 aromatic carbocycles. The number of fused-ring (bicyclic) bond motifs is 1. The van der Waals surface area contributed by atoms with Gasteiger partial charge in [0.2, 0.25) is 5.91 Å². The number of carboxylic acid groups (broad SMARTS) is 1. The van der Waals surface area contributed by atoms with Crippen LogP contribution in [-0.2, 0) is 4.79 Å². The van der Waals surface area contributed by atoms with Crippen LogP contribution in [0.5, 0.6) is 0 Å². The number of carboxylic acids is 1. The molecule has 1 atom stereocenters. The second-order valence-corrected chi connectivity index (χ2v) is 8.22. The van der Waals surface area contributed by atoms with E-state index in [0.717, 1.165) is 11.3 Å². The lowest BCUT2D eigenvalue weighted by atomic mass is 9.88. The van der Waals surface area contributed by atoms with Crippen molar-refractivity contribution in [2.24, 2.45) is 0 Å². The molecule has 0 radical (unpaired) electrons. The lowest BCUT2D eigenvalue weighted by Gasteiger charge is -2.24. The van der Waals surface area contributed by atoms with Crippen molar-refractivity contribution < 1.29 is 19.1 Å². The molecule has 0 aliphatic carbocycles. The fourth-order valence-corrected chi connectivity index (χ4v) is 5.14. The van der Waals surface area contributed by atoms with Gasteiger partial charge in [0, 0.05) is 32.8 Å². The molecule has 1 amide bonds. The van der Waals surface area contributed by atoms with Crippen molar-refractivity contribution in [1.82, 2.24) is 0 Å². The average Bonchev–Trinajstić information content (AvgIpc) is 3.01. The zero-order valence-electron chi connectivity index (χ0n) is 14.1. The largest absolute Gasteiger partial charge is 0.477 e. The zero-order valence-corrected chi connectivity index (χ0v) is 16.5. The molecule has 2 heterocycles. The number of carbonyl (C=O) groups excluding carboxylic acids is 1. The highest BCUT2D eigenvalue weighted by molar-refractivity contribution is 7.15. The SMILES string of the molecule is O=C1CC(c2ccc(Cl)cc2Cl)c2sc(C(=O)O)c(-c3ccc(F)cc3)c2N1. The third-order valence-electron chi connectivity index (χ3n) is 4.57. The molecular weight excluding hydrogens is 424 g/mol. The lowest BCUT2D eigenvalue weighted by Crippen LogP contribution is -2.22. The summed E-state index contributed by atoms with van der Waals surface area (Å²) in [6, 6.07) is 10.5. The predicted molar refractivity (Wildman–Crippen MR) is 108 cm³/mol. The molecule has 8 heteroatoms. The Morgan fingerprint density at radius 2 is 1.89 bits per heavy atom. The van der Waals surface area contributed by atoms with E-state index in [4.69, 9.17) is 23.2 Å². The molecule has 2 N–H and O–H groups in total. The van der Waals surface area contributed by atoms with Crippen LogP contribution in [0.2, 0.25) is 10.0 Å². The highest BCUT2D eigenvalue weighted by Crippen LogP contribution is 2.50. The van der Waals surface area contributed by atoms with Gasteiger partial charge in [-0.3, -0.25) is 4.79 Å². The van der Waals surface area contributed by atoms with Crippen LogP contribution in [0.25, 0.3) is 11.1 Å². The van der Waals surface area contributed by atoms with Gasteiger partial charge in [0.25, 0.3) is 0 Å². The molecule has 0 saturated carbocycles. The second kappa shape index (κ2) is 7.20. The first kappa shape index (κ1) is 18.9. The molecule has 142 valence electrons. The number of hydrogen-bond acceptors (Lipinski definition) is 3. The summed E-state index contributed by atoms with van der Waals surface area (Å²) >= 11 is 13.4. The van der Waals surface area contributed by atoms with Gasteiger partial charge in [0.1, 0.15) is 10.7 Å². The Morgan fingerprint density at radius 3 is 2.54 bits per heavy atom. The summed E-state index contributed by atoms with van der Waals surface area (Å²) in [5, 5.41) is 13.4. The monoisotopic (exact) mass is 435 g/mol. The first-order valence-electron chi connectivity index (χ1n) is 8.26. The van der Waals surface area contributed by atoms with E-state index in [9.17, 15) is 19.1 Å². The van der Waals surface area contributed by atoms with Crippen molar-refractivity contribution in [3.8, 4) is 11.1 Å². The third-order valence-corrected chi connectivity index (χ3v) is 6.42. The van der Waals surface area contributed by atoms with E-state index in [2.05, 4.69) is 5.32 Å². The summed E-state index contributed by atoms with van der Waals surface area (Å²) in [7, 11) is 0. The standard InChI is InChI=1S/C20H12Cl2FNO3S/c21-10-3-6-12(14(22)7-10)13-8-15(25)24-17-16(9-1-4-11(23)5-2-9)19(20(26)27)28-18(13)17/h1-7,13H,8H2,(H,24,25)(H,26,27). The number of nitrogens with one attached hydrogen (secondary N) is 1. The molecule has 0 fully saturated rings. The molecular formula is C20H12Cl2FNO3S. The van der Waals surface area contributed by atoms with Crippen LogP contribution < -0.4 is 5.32 Å². The van der Waals surface area contributed by atoms with Crippen LogP contribution in [-0.4, -0.2) is 17.0 Å². The molecule has 0 bridgehead atoms. The smallest absolute Gasteiger partial charge is 0.346 e. The van der Waals surface area contributed by atoms with E-state index in [1.165, 1.54) is 24.3 Å². The van der Waals surface area contributed by atoms with Crippen LogP contribution in [0.3, 0.4) is 0 Å². The zero-order chi connectivity index (χ0) is 20.0. The Kier molecular flexibility index (Phi) is 4.87. The third kappa shape index (κ3) is 3.28. The maximum Gasteiger partial charge on any atom is 0.346 e. The quantitative estimate of drug-likeness (QED) is 0.527. The van der Waals surface area contributed by atoms with E-state index < -0.39 is 17.7 Å². The summed E-state index contributed by atoms with van der Waals surface area (Å²) in [5.41, 5.74) is 2.02. The molecule has 0 saturated heterocycles. The number of carbonyl (C=O) groups is 2. The van der Waals surface area contributed by atoms with Gasteiger partial charge in [-0.15, -0.1) is 11.3 Å². The Morgan fingerprint density at radius 1 is 1.18 bits per heavy atom. The molecule has 3 aromatic rings. The Bertz CT molecular complexity index is 1110. The van der Waals surface area contributed by atoms with Crippen molar-refractivity contribution in [3.05, 3.63) is 73.6 Å². The minimum Gasteiger partial charge on any atom is -0.477 e. The van der Waals surface area contributed by atoms with E-state index in [1.54, 1.807) is 18.2 Å². The number of rotatable bonds is 3. The number of halogens is 3. The van der Waals surface area contributed by atoms with Crippen LogP contribution >= 0.6 is 34.5 Å². The van der Waals surface area contributed by atoms with Crippen molar-refractivity contribution in [2.45, 2.75) is 12.3 Å². The van der Waals surface area contributed by atoms with Crippen molar-refractivity contribution in [3.63, 3.8) is 0 Å². The van der Waals surface area contributed by atoms with Gasteiger partial charge in [0.15, 0.2) is 0 Å². The highest BCUT2D eigenvalue weighted by Gasteiger charge is 2.35. The van der Waals surface area contributed by atoms with Gasteiger partial charge in [-0.2, -0.15) is 0 Å².